The smallest absolute Gasteiger partial charge is 0.232 e. The van der Waals surface area contributed by atoms with Gasteiger partial charge in [0.05, 0.1) is 18.5 Å². The van der Waals surface area contributed by atoms with Crippen LogP contribution < -0.4 is 0 Å². The summed E-state index contributed by atoms with van der Waals surface area (Å²) in [5.41, 5.74) is 0. The normalized spacial score (nSPS) is 27.9. The molecule has 0 heterocycles. The van der Waals surface area contributed by atoms with Crippen molar-refractivity contribution in [1.29, 1.82) is 0 Å². The molecule has 0 N–H and O–H groups in total. The molecule has 1 saturated carbocycles. The highest BCUT2D eigenvalue weighted by Gasteiger charge is 2.24. The van der Waals surface area contributed by atoms with E-state index in [1.807, 2.05) is 6.92 Å². The number of hydrogen-bond donors (Lipinski definition) is 0. The van der Waals surface area contributed by atoms with Crippen molar-refractivity contribution in [2.24, 2.45) is 11.8 Å². The van der Waals surface area contributed by atoms with Gasteiger partial charge in [-0.05, 0) is 24.7 Å². The molecule has 1 rings (SSSR count). The zero-order valence-corrected chi connectivity index (χ0v) is 12.3. The van der Waals surface area contributed by atoms with Gasteiger partial charge in [0, 0.05) is 10.7 Å². The lowest BCUT2D eigenvalue weighted by atomic mass is 9.88. The zero-order valence-electron chi connectivity index (χ0n) is 10.7. The third-order valence-electron chi connectivity index (χ3n) is 3.59. The number of ether oxygens (including phenoxy) is 1. The Morgan fingerprint density at radius 1 is 1.35 bits per heavy atom. The van der Waals surface area contributed by atoms with E-state index in [1.54, 1.807) is 0 Å². The molecule has 17 heavy (non-hydrogen) atoms. The van der Waals surface area contributed by atoms with Crippen LogP contribution in [0.5, 0.6) is 0 Å². The Morgan fingerprint density at radius 3 is 2.53 bits per heavy atom. The highest BCUT2D eigenvalue weighted by molar-refractivity contribution is 8.13. The van der Waals surface area contributed by atoms with Gasteiger partial charge < -0.3 is 4.74 Å². The summed E-state index contributed by atoms with van der Waals surface area (Å²) < 4.78 is 27.9. The van der Waals surface area contributed by atoms with Gasteiger partial charge in [-0.1, -0.05) is 33.1 Å². The molecular formula is C12H23ClO3S. The average molecular weight is 283 g/mol. The molecular weight excluding hydrogens is 260 g/mol. The molecule has 3 atom stereocenters. The minimum Gasteiger partial charge on any atom is -0.378 e. The van der Waals surface area contributed by atoms with E-state index in [0.717, 1.165) is 12.8 Å². The zero-order chi connectivity index (χ0) is 12.9. The second-order valence-electron chi connectivity index (χ2n) is 5.11. The van der Waals surface area contributed by atoms with E-state index in [0.29, 0.717) is 18.6 Å². The fraction of sp³-hybridized carbons (Fsp3) is 1.00. The van der Waals surface area contributed by atoms with Gasteiger partial charge in [0.15, 0.2) is 0 Å². The van der Waals surface area contributed by atoms with Crippen molar-refractivity contribution in [2.75, 3.05) is 12.4 Å². The summed E-state index contributed by atoms with van der Waals surface area (Å²) in [6.07, 6.45) is 5.91. The first kappa shape index (κ1) is 15.3. The van der Waals surface area contributed by atoms with E-state index in [2.05, 4.69) is 6.92 Å². The first-order chi connectivity index (χ1) is 7.92. The van der Waals surface area contributed by atoms with E-state index in [1.165, 1.54) is 19.3 Å². The lowest BCUT2D eigenvalue weighted by Crippen LogP contribution is -2.29. The van der Waals surface area contributed by atoms with Gasteiger partial charge >= 0.3 is 0 Å². The lowest BCUT2D eigenvalue weighted by Gasteiger charge is -2.30. The number of hydrogen-bond acceptors (Lipinski definition) is 3. The topological polar surface area (TPSA) is 43.4 Å². The van der Waals surface area contributed by atoms with Crippen LogP contribution in [0, 0.1) is 11.8 Å². The van der Waals surface area contributed by atoms with Crippen molar-refractivity contribution < 1.29 is 13.2 Å². The minimum atomic E-state index is -3.41. The highest BCUT2D eigenvalue weighted by atomic mass is 35.7. The molecule has 1 fully saturated rings. The molecule has 5 heteroatoms. The summed E-state index contributed by atoms with van der Waals surface area (Å²) in [5.74, 6) is 0.632. The SMILES string of the molecule is CCC(COC1CCCCC1C)CS(=O)(=O)Cl. The first-order valence-corrected chi connectivity index (χ1v) is 8.94. The van der Waals surface area contributed by atoms with Crippen molar-refractivity contribution in [2.45, 2.75) is 52.1 Å². The summed E-state index contributed by atoms with van der Waals surface area (Å²) in [5, 5.41) is 0. The van der Waals surface area contributed by atoms with E-state index in [-0.39, 0.29) is 11.7 Å². The Kier molecular flexibility index (Phi) is 6.24. The Hall–Kier alpha value is 0.200. The van der Waals surface area contributed by atoms with Gasteiger partial charge in [0.1, 0.15) is 0 Å². The van der Waals surface area contributed by atoms with Crippen molar-refractivity contribution >= 4 is 19.7 Å². The Balaban J connectivity index is 2.36. The molecule has 0 aromatic heterocycles. The average Bonchev–Trinajstić information content (AvgIpc) is 2.24. The van der Waals surface area contributed by atoms with E-state index in [9.17, 15) is 8.42 Å². The molecule has 0 radical (unpaired) electrons. The number of halogens is 1. The molecule has 0 aromatic rings. The Labute approximate surface area is 109 Å². The molecule has 1 aliphatic rings. The quantitative estimate of drug-likeness (QED) is 0.703. The Morgan fingerprint density at radius 2 is 2.00 bits per heavy atom. The molecule has 0 amide bonds. The summed E-state index contributed by atoms with van der Waals surface area (Å²) in [4.78, 5) is 0. The second-order valence-corrected chi connectivity index (χ2v) is 7.93. The predicted octanol–water partition coefficient (Wildman–Crippen LogP) is 3.18. The maximum atomic E-state index is 11.0. The van der Waals surface area contributed by atoms with Crippen LogP contribution in [0.3, 0.4) is 0 Å². The summed E-state index contributed by atoms with van der Waals surface area (Å²) >= 11 is 0. The van der Waals surface area contributed by atoms with Crippen LogP contribution >= 0.6 is 10.7 Å². The van der Waals surface area contributed by atoms with Crippen molar-refractivity contribution in [3.63, 3.8) is 0 Å². The predicted molar refractivity (Wildman–Crippen MR) is 70.8 cm³/mol. The molecule has 0 saturated heterocycles. The van der Waals surface area contributed by atoms with E-state index < -0.39 is 9.05 Å². The molecule has 0 aromatic carbocycles. The van der Waals surface area contributed by atoms with Crippen LogP contribution in [-0.2, 0) is 13.8 Å². The van der Waals surface area contributed by atoms with Crippen LogP contribution in [0.1, 0.15) is 46.0 Å². The van der Waals surface area contributed by atoms with E-state index in [4.69, 9.17) is 15.4 Å². The van der Waals surface area contributed by atoms with Gasteiger partial charge in [0.25, 0.3) is 0 Å². The van der Waals surface area contributed by atoms with Gasteiger partial charge in [-0.25, -0.2) is 8.42 Å². The first-order valence-electron chi connectivity index (χ1n) is 6.46. The molecule has 0 spiro atoms. The largest absolute Gasteiger partial charge is 0.378 e. The maximum absolute atomic E-state index is 11.0. The van der Waals surface area contributed by atoms with Crippen LogP contribution in [0.4, 0.5) is 0 Å². The summed E-state index contributed by atoms with van der Waals surface area (Å²) in [7, 11) is 1.86. The highest BCUT2D eigenvalue weighted by Crippen LogP contribution is 2.27. The van der Waals surface area contributed by atoms with Gasteiger partial charge in [-0.2, -0.15) is 0 Å². The fourth-order valence-corrected chi connectivity index (χ4v) is 3.78. The molecule has 102 valence electrons. The van der Waals surface area contributed by atoms with Crippen molar-refractivity contribution in [1.82, 2.24) is 0 Å². The second kappa shape index (κ2) is 6.95. The Bertz CT molecular complexity index is 316. The van der Waals surface area contributed by atoms with Crippen molar-refractivity contribution in [3.8, 4) is 0 Å². The monoisotopic (exact) mass is 282 g/mol. The van der Waals surface area contributed by atoms with Crippen LogP contribution in [-0.4, -0.2) is 26.9 Å². The van der Waals surface area contributed by atoms with Gasteiger partial charge in [-0.3, -0.25) is 0 Å². The lowest BCUT2D eigenvalue weighted by molar-refractivity contribution is -0.0193. The molecule has 3 nitrogen and oxygen atoms in total. The number of rotatable bonds is 6. The van der Waals surface area contributed by atoms with Crippen LogP contribution in [0.15, 0.2) is 0 Å². The fourth-order valence-electron chi connectivity index (χ4n) is 2.35. The van der Waals surface area contributed by atoms with Crippen LogP contribution in [0.2, 0.25) is 0 Å². The third-order valence-corrected chi connectivity index (χ3v) is 4.84. The molecule has 0 aliphatic heterocycles. The van der Waals surface area contributed by atoms with Gasteiger partial charge in [-0.15, -0.1) is 0 Å². The molecule has 3 unspecified atom stereocenters. The molecule has 1 aliphatic carbocycles. The molecule has 0 bridgehead atoms. The van der Waals surface area contributed by atoms with Crippen LogP contribution in [0.25, 0.3) is 0 Å². The van der Waals surface area contributed by atoms with Crippen molar-refractivity contribution in [3.05, 3.63) is 0 Å². The maximum Gasteiger partial charge on any atom is 0.232 e. The summed E-state index contributed by atoms with van der Waals surface area (Å²) in [6.45, 7) is 4.70. The minimum absolute atomic E-state index is 0.0200. The third kappa shape index (κ3) is 6.07. The van der Waals surface area contributed by atoms with E-state index >= 15 is 0 Å². The van der Waals surface area contributed by atoms with Gasteiger partial charge in [0.2, 0.25) is 9.05 Å². The summed E-state index contributed by atoms with van der Waals surface area (Å²) in [6, 6.07) is 0. The standard InChI is InChI=1S/C12H23ClO3S/c1-3-11(9-17(13,14)15)8-16-12-7-5-4-6-10(12)2/h10-12H,3-9H2,1-2H3.